The highest BCUT2D eigenvalue weighted by atomic mass is 32.2. The van der Waals surface area contributed by atoms with Gasteiger partial charge >= 0.3 is 0 Å². The summed E-state index contributed by atoms with van der Waals surface area (Å²) in [5.74, 6) is -0.185. The Hall–Kier alpha value is -2.18. The predicted octanol–water partition coefficient (Wildman–Crippen LogP) is 2.52. The van der Waals surface area contributed by atoms with Crippen LogP contribution in [0.25, 0.3) is 0 Å². The summed E-state index contributed by atoms with van der Waals surface area (Å²) in [4.78, 5) is 14.2. The lowest BCUT2D eigenvalue weighted by Gasteiger charge is -2.29. The number of nitrogens with zero attached hydrogens (tertiary/aromatic N) is 1. The molecule has 26 heavy (non-hydrogen) atoms. The van der Waals surface area contributed by atoms with E-state index in [0.29, 0.717) is 19.4 Å². The number of anilines is 1. The number of nitrogens with one attached hydrogen (secondary N) is 1. The average Bonchev–Trinajstić information content (AvgIpc) is 2.66. The lowest BCUT2D eigenvalue weighted by atomic mass is 10.0. The minimum absolute atomic E-state index is 0.0196. The van der Waals surface area contributed by atoms with E-state index in [2.05, 4.69) is 4.72 Å². The van der Waals surface area contributed by atoms with Gasteiger partial charge in [0.25, 0.3) is 0 Å². The zero-order chi connectivity index (χ0) is 18.4. The van der Waals surface area contributed by atoms with Gasteiger partial charge in [0.1, 0.15) is 0 Å². The third kappa shape index (κ3) is 4.93. The van der Waals surface area contributed by atoms with Crippen molar-refractivity contribution >= 4 is 21.6 Å². The fourth-order valence-electron chi connectivity index (χ4n) is 3.24. The number of sulfonamides is 1. The van der Waals surface area contributed by atoms with E-state index in [-0.39, 0.29) is 18.2 Å². The van der Waals surface area contributed by atoms with Crippen molar-refractivity contribution < 1.29 is 13.2 Å². The summed E-state index contributed by atoms with van der Waals surface area (Å²) in [5.41, 5.74) is 3.15. The summed E-state index contributed by atoms with van der Waals surface area (Å²) in [6, 6.07) is 17.6. The van der Waals surface area contributed by atoms with Crippen LogP contribution in [0.4, 0.5) is 5.69 Å². The summed E-state index contributed by atoms with van der Waals surface area (Å²) in [5, 5.41) is 0. The second-order valence-electron chi connectivity index (χ2n) is 6.51. The van der Waals surface area contributed by atoms with Gasteiger partial charge in [-0.05, 0) is 42.9 Å². The minimum atomic E-state index is -3.46. The first kappa shape index (κ1) is 18.6. The molecule has 0 unspecified atom stereocenters. The number of hydrogen-bond donors (Lipinski definition) is 1. The highest BCUT2D eigenvalue weighted by Gasteiger charge is 2.23. The van der Waals surface area contributed by atoms with Crippen LogP contribution in [0.3, 0.4) is 0 Å². The van der Waals surface area contributed by atoms with Crippen LogP contribution in [0.2, 0.25) is 0 Å². The lowest BCUT2D eigenvalue weighted by molar-refractivity contribution is -0.117. The molecule has 0 aromatic heterocycles. The van der Waals surface area contributed by atoms with Crippen LogP contribution in [0.15, 0.2) is 54.6 Å². The Morgan fingerprint density at radius 3 is 2.58 bits per heavy atom. The Morgan fingerprint density at radius 2 is 1.77 bits per heavy atom. The van der Waals surface area contributed by atoms with E-state index in [0.717, 1.165) is 29.7 Å². The van der Waals surface area contributed by atoms with Gasteiger partial charge in [-0.3, -0.25) is 4.79 Å². The first-order valence-corrected chi connectivity index (χ1v) is 10.6. The molecule has 5 nitrogen and oxygen atoms in total. The van der Waals surface area contributed by atoms with Gasteiger partial charge in [-0.15, -0.1) is 0 Å². The van der Waals surface area contributed by atoms with Gasteiger partial charge in [-0.25, -0.2) is 13.1 Å². The van der Waals surface area contributed by atoms with Crippen molar-refractivity contribution in [2.24, 2.45) is 0 Å². The van der Waals surface area contributed by atoms with Gasteiger partial charge in [-0.2, -0.15) is 0 Å². The van der Waals surface area contributed by atoms with Crippen molar-refractivity contribution in [1.29, 1.82) is 0 Å². The zero-order valence-electron chi connectivity index (χ0n) is 14.7. The van der Waals surface area contributed by atoms with E-state index in [4.69, 9.17) is 0 Å². The molecule has 0 atom stereocenters. The third-order valence-electron chi connectivity index (χ3n) is 4.58. The van der Waals surface area contributed by atoms with Crippen LogP contribution in [0.1, 0.15) is 24.0 Å². The van der Waals surface area contributed by atoms with E-state index in [1.807, 2.05) is 54.6 Å². The van der Waals surface area contributed by atoms with Crippen molar-refractivity contribution in [2.45, 2.75) is 25.7 Å². The molecular weight excluding hydrogens is 348 g/mol. The highest BCUT2D eigenvalue weighted by Crippen LogP contribution is 2.26. The molecule has 1 aliphatic rings. The lowest BCUT2D eigenvalue weighted by Crippen LogP contribution is -2.43. The van der Waals surface area contributed by atoms with Crippen molar-refractivity contribution in [3.8, 4) is 0 Å². The Morgan fingerprint density at radius 1 is 1.04 bits per heavy atom. The van der Waals surface area contributed by atoms with E-state index >= 15 is 0 Å². The molecule has 1 N–H and O–H groups in total. The Labute approximate surface area is 155 Å². The van der Waals surface area contributed by atoms with Gasteiger partial charge in [0, 0.05) is 12.2 Å². The predicted molar refractivity (Wildman–Crippen MR) is 104 cm³/mol. The maximum Gasteiger partial charge on any atom is 0.242 e. The monoisotopic (exact) mass is 372 g/mol. The molecule has 0 spiro atoms. The third-order valence-corrected chi connectivity index (χ3v) is 5.99. The van der Waals surface area contributed by atoms with Crippen LogP contribution < -0.4 is 9.62 Å². The van der Waals surface area contributed by atoms with Crippen LogP contribution in [-0.2, 0) is 27.7 Å². The summed E-state index contributed by atoms with van der Waals surface area (Å²) in [6.07, 6.45) is 3.08. The molecule has 0 fully saturated rings. The molecule has 1 aliphatic heterocycles. The number of benzene rings is 2. The van der Waals surface area contributed by atoms with E-state index < -0.39 is 10.0 Å². The number of hydrogen-bond acceptors (Lipinski definition) is 3. The largest absolute Gasteiger partial charge is 0.311 e. The Kier molecular flexibility index (Phi) is 6.06. The van der Waals surface area contributed by atoms with Gasteiger partial charge in [0.05, 0.1) is 12.3 Å². The Balaban J connectivity index is 1.51. The van der Waals surface area contributed by atoms with Crippen LogP contribution in [0.5, 0.6) is 0 Å². The summed E-state index contributed by atoms with van der Waals surface area (Å²) in [7, 11) is -3.46. The maximum absolute atomic E-state index is 12.5. The van der Waals surface area contributed by atoms with Crippen LogP contribution in [-0.4, -0.2) is 33.2 Å². The molecule has 0 bridgehead atoms. The van der Waals surface area contributed by atoms with Crippen LogP contribution in [0, 0.1) is 0 Å². The highest BCUT2D eigenvalue weighted by molar-refractivity contribution is 7.89. The van der Waals surface area contributed by atoms with Crippen molar-refractivity contribution in [3.63, 3.8) is 0 Å². The first-order chi connectivity index (χ1) is 12.6. The molecule has 6 heteroatoms. The van der Waals surface area contributed by atoms with E-state index in [1.54, 1.807) is 4.90 Å². The zero-order valence-corrected chi connectivity index (χ0v) is 15.5. The van der Waals surface area contributed by atoms with Gasteiger partial charge < -0.3 is 4.90 Å². The summed E-state index contributed by atoms with van der Waals surface area (Å²) < 4.78 is 26.8. The van der Waals surface area contributed by atoms with Crippen molar-refractivity contribution in [3.05, 3.63) is 65.7 Å². The molecule has 2 aromatic carbocycles. The molecular formula is C20H24N2O3S. The van der Waals surface area contributed by atoms with Crippen molar-refractivity contribution in [1.82, 2.24) is 4.72 Å². The molecule has 2 aromatic rings. The number of carbonyl (C=O) groups excluding carboxylic acids is 1. The fourth-order valence-corrected chi connectivity index (χ4v) is 4.26. The normalized spacial score (nSPS) is 14.1. The topological polar surface area (TPSA) is 66.5 Å². The van der Waals surface area contributed by atoms with E-state index in [9.17, 15) is 13.2 Å². The average molecular weight is 372 g/mol. The minimum Gasteiger partial charge on any atom is -0.311 e. The number of para-hydroxylation sites is 1. The number of amides is 1. The van der Waals surface area contributed by atoms with Gasteiger partial charge in [0.2, 0.25) is 15.9 Å². The second kappa shape index (κ2) is 8.47. The molecule has 3 rings (SSSR count). The van der Waals surface area contributed by atoms with Crippen molar-refractivity contribution in [2.75, 3.05) is 23.7 Å². The Bertz CT molecular complexity index is 850. The standard InChI is InChI=1S/C20H24N2O3S/c23-20(22-14-6-12-18-11-4-5-13-19(18)22)16-21-26(24,25)15-7-10-17-8-2-1-3-9-17/h1-5,8-9,11,13,21H,6-7,10,12,14-16H2. The molecule has 0 saturated heterocycles. The quantitative estimate of drug-likeness (QED) is 0.812. The van der Waals surface area contributed by atoms with Gasteiger partial charge in [-0.1, -0.05) is 48.5 Å². The molecule has 1 amide bonds. The summed E-state index contributed by atoms with van der Waals surface area (Å²) in [6.45, 7) is 0.438. The maximum atomic E-state index is 12.5. The number of aryl methyl sites for hydroxylation is 2. The molecule has 1 heterocycles. The molecule has 0 saturated carbocycles. The fraction of sp³-hybridized carbons (Fsp3) is 0.350. The molecule has 138 valence electrons. The second-order valence-corrected chi connectivity index (χ2v) is 8.43. The number of fused-ring (bicyclic) bond motifs is 1. The molecule has 0 aliphatic carbocycles. The number of rotatable bonds is 7. The molecule has 0 radical (unpaired) electrons. The van der Waals surface area contributed by atoms with Gasteiger partial charge in [0.15, 0.2) is 0 Å². The SMILES string of the molecule is O=C(CNS(=O)(=O)CCCc1ccccc1)N1CCCc2ccccc21. The smallest absolute Gasteiger partial charge is 0.242 e. The van der Waals surface area contributed by atoms with E-state index in [1.165, 1.54) is 0 Å². The number of carbonyl (C=O) groups is 1. The van der Waals surface area contributed by atoms with Crippen LogP contribution >= 0.6 is 0 Å². The first-order valence-electron chi connectivity index (χ1n) is 8.95. The summed E-state index contributed by atoms with van der Waals surface area (Å²) >= 11 is 0.